The molecule has 0 fully saturated rings. The number of Topliss-reactive ketones (excluding diaryl/α,β-unsaturated/α-hetero) is 1. The van der Waals surface area contributed by atoms with Gasteiger partial charge in [0, 0.05) is 0 Å². The van der Waals surface area contributed by atoms with Crippen LogP contribution in [0.1, 0.15) is 47.0 Å². The molecule has 0 amide bonds. The molecule has 0 aromatic rings. The Bertz CT molecular complexity index is 236. The fraction of sp³-hybridized carbons (Fsp3) is 0.750. The van der Waals surface area contributed by atoms with Crippen molar-refractivity contribution in [2.75, 3.05) is 0 Å². The number of rotatable bonds is 2. The van der Waals surface area contributed by atoms with Gasteiger partial charge >= 0.3 is 0 Å². The molecule has 0 saturated carbocycles. The van der Waals surface area contributed by atoms with Crippen LogP contribution in [0.5, 0.6) is 0 Å². The molecule has 74 valence electrons. The van der Waals surface area contributed by atoms with Gasteiger partial charge in [-0.15, -0.1) is 0 Å². The predicted molar refractivity (Wildman–Crippen MR) is 55.6 cm³/mol. The molecule has 0 N–H and O–H groups in total. The zero-order valence-electron chi connectivity index (χ0n) is 9.18. The van der Waals surface area contributed by atoms with E-state index in [0.29, 0.717) is 11.3 Å². The van der Waals surface area contributed by atoms with Gasteiger partial charge in [-0.2, -0.15) is 0 Å². The highest BCUT2D eigenvalue weighted by Crippen LogP contribution is 2.39. The van der Waals surface area contributed by atoms with Crippen LogP contribution in [0.25, 0.3) is 0 Å². The Hall–Kier alpha value is -0.590. The Balaban J connectivity index is 2.85. The van der Waals surface area contributed by atoms with Gasteiger partial charge in [0.05, 0.1) is 0 Å². The van der Waals surface area contributed by atoms with E-state index in [4.69, 9.17) is 0 Å². The molecule has 0 aromatic heterocycles. The van der Waals surface area contributed by atoms with Gasteiger partial charge in [-0.05, 0) is 43.1 Å². The number of carbonyl (C=O) groups excluding carboxylic acids is 1. The number of carbonyl (C=O) groups is 1. The van der Waals surface area contributed by atoms with Gasteiger partial charge in [0.2, 0.25) is 0 Å². The van der Waals surface area contributed by atoms with Gasteiger partial charge in [-0.25, -0.2) is 0 Å². The molecule has 0 aromatic carbocycles. The van der Waals surface area contributed by atoms with E-state index in [1.54, 1.807) is 6.92 Å². The topological polar surface area (TPSA) is 17.1 Å². The first-order valence-electron chi connectivity index (χ1n) is 5.17. The summed E-state index contributed by atoms with van der Waals surface area (Å²) in [6.07, 6.45) is 5.46. The summed E-state index contributed by atoms with van der Waals surface area (Å²) in [6.45, 7) is 8.42. The van der Waals surface area contributed by atoms with Crippen molar-refractivity contribution in [2.24, 2.45) is 11.3 Å². The van der Waals surface area contributed by atoms with Crippen molar-refractivity contribution in [3.63, 3.8) is 0 Å². The normalized spacial score (nSPS) is 26.8. The van der Waals surface area contributed by atoms with Gasteiger partial charge in [0.25, 0.3) is 0 Å². The van der Waals surface area contributed by atoms with Gasteiger partial charge in [-0.1, -0.05) is 26.8 Å². The molecule has 0 saturated heterocycles. The lowest BCUT2D eigenvalue weighted by Gasteiger charge is -2.34. The summed E-state index contributed by atoms with van der Waals surface area (Å²) < 4.78 is 0. The Morgan fingerprint density at radius 3 is 2.69 bits per heavy atom. The largest absolute Gasteiger partial charge is 0.295 e. The molecular formula is C12H20O. The second-order valence-electron chi connectivity index (χ2n) is 4.89. The predicted octanol–water partition coefficient (Wildman–Crippen LogP) is 3.35. The lowest BCUT2D eigenvalue weighted by Crippen LogP contribution is -2.24. The van der Waals surface area contributed by atoms with Gasteiger partial charge in [0.15, 0.2) is 5.78 Å². The average molecular weight is 180 g/mol. The minimum atomic E-state index is 0.266. The molecule has 1 heteroatoms. The summed E-state index contributed by atoms with van der Waals surface area (Å²) in [5, 5.41) is 0. The molecule has 0 spiro atoms. The average Bonchev–Trinajstić information content (AvgIpc) is 2.01. The maximum atomic E-state index is 11.3. The van der Waals surface area contributed by atoms with Crippen LogP contribution in [0.4, 0.5) is 0 Å². The van der Waals surface area contributed by atoms with Crippen molar-refractivity contribution in [3.8, 4) is 0 Å². The Kier molecular flexibility index (Phi) is 2.94. The van der Waals surface area contributed by atoms with Crippen molar-refractivity contribution < 1.29 is 4.79 Å². The van der Waals surface area contributed by atoms with E-state index in [1.165, 1.54) is 0 Å². The fourth-order valence-electron chi connectivity index (χ4n) is 2.21. The highest BCUT2D eigenvalue weighted by Gasteiger charge is 2.29. The first-order valence-corrected chi connectivity index (χ1v) is 5.17. The molecule has 13 heavy (non-hydrogen) atoms. The molecule has 0 heterocycles. The van der Waals surface area contributed by atoms with Crippen molar-refractivity contribution in [1.82, 2.24) is 0 Å². The number of hydrogen-bond acceptors (Lipinski definition) is 1. The lowest BCUT2D eigenvalue weighted by molar-refractivity contribution is -0.114. The maximum absolute atomic E-state index is 11.3. The van der Waals surface area contributed by atoms with Crippen LogP contribution in [-0.4, -0.2) is 5.78 Å². The zero-order chi connectivity index (χ0) is 10.1. The summed E-state index contributed by atoms with van der Waals surface area (Å²) in [7, 11) is 0. The SMILES string of the molecule is CCC1CC(C)(C)CC=C1C(C)=O. The van der Waals surface area contributed by atoms with Crippen LogP contribution in [-0.2, 0) is 4.79 Å². The Morgan fingerprint density at radius 1 is 1.62 bits per heavy atom. The zero-order valence-corrected chi connectivity index (χ0v) is 9.18. The van der Waals surface area contributed by atoms with E-state index in [0.717, 1.165) is 24.8 Å². The summed E-state index contributed by atoms with van der Waals surface area (Å²) in [5.74, 6) is 0.767. The summed E-state index contributed by atoms with van der Waals surface area (Å²) >= 11 is 0. The van der Waals surface area contributed by atoms with Crippen LogP contribution in [0.2, 0.25) is 0 Å². The summed E-state index contributed by atoms with van der Waals surface area (Å²) in [5.41, 5.74) is 1.46. The minimum Gasteiger partial charge on any atom is -0.295 e. The molecule has 1 nitrogen and oxygen atoms in total. The highest BCUT2D eigenvalue weighted by atomic mass is 16.1. The Morgan fingerprint density at radius 2 is 2.23 bits per heavy atom. The smallest absolute Gasteiger partial charge is 0.155 e. The third-order valence-corrected chi connectivity index (χ3v) is 3.01. The van der Waals surface area contributed by atoms with Crippen molar-refractivity contribution in [1.29, 1.82) is 0 Å². The molecule has 0 bridgehead atoms. The molecule has 1 unspecified atom stereocenters. The van der Waals surface area contributed by atoms with E-state index < -0.39 is 0 Å². The minimum absolute atomic E-state index is 0.266. The van der Waals surface area contributed by atoms with E-state index in [-0.39, 0.29) is 5.78 Å². The molecule has 1 rings (SSSR count). The van der Waals surface area contributed by atoms with Crippen LogP contribution in [0.15, 0.2) is 11.6 Å². The van der Waals surface area contributed by atoms with Crippen molar-refractivity contribution in [2.45, 2.75) is 47.0 Å². The molecule has 1 aliphatic rings. The Labute approximate surface area is 81.2 Å². The first kappa shape index (κ1) is 10.5. The fourth-order valence-corrected chi connectivity index (χ4v) is 2.21. The maximum Gasteiger partial charge on any atom is 0.155 e. The third-order valence-electron chi connectivity index (χ3n) is 3.01. The van der Waals surface area contributed by atoms with Crippen LogP contribution in [0.3, 0.4) is 0 Å². The van der Waals surface area contributed by atoms with Crippen LogP contribution in [0, 0.1) is 11.3 Å². The van der Waals surface area contributed by atoms with E-state index in [9.17, 15) is 4.79 Å². The quantitative estimate of drug-likeness (QED) is 0.637. The standard InChI is InChI=1S/C12H20O/c1-5-10-8-12(3,4)7-6-11(10)9(2)13/h6,10H,5,7-8H2,1-4H3. The number of ketones is 1. The van der Waals surface area contributed by atoms with E-state index >= 15 is 0 Å². The third kappa shape index (κ3) is 2.43. The summed E-state index contributed by atoms with van der Waals surface area (Å²) in [6, 6.07) is 0. The molecule has 0 radical (unpaired) electrons. The van der Waals surface area contributed by atoms with Gasteiger partial charge < -0.3 is 0 Å². The van der Waals surface area contributed by atoms with Gasteiger partial charge in [0.1, 0.15) is 0 Å². The van der Waals surface area contributed by atoms with Gasteiger partial charge in [-0.3, -0.25) is 4.79 Å². The second-order valence-corrected chi connectivity index (χ2v) is 4.89. The lowest BCUT2D eigenvalue weighted by atomic mass is 9.71. The molecule has 1 atom stereocenters. The van der Waals surface area contributed by atoms with E-state index in [2.05, 4.69) is 26.8 Å². The van der Waals surface area contributed by atoms with Crippen LogP contribution < -0.4 is 0 Å². The second kappa shape index (κ2) is 3.65. The monoisotopic (exact) mass is 180 g/mol. The molecule has 1 aliphatic carbocycles. The van der Waals surface area contributed by atoms with Crippen molar-refractivity contribution in [3.05, 3.63) is 11.6 Å². The number of allylic oxidation sites excluding steroid dienone is 2. The highest BCUT2D eigenvalue weighted by molar-refractivity contribution is 5.93. The first-order chi connectivity index (χ1) is 5.96. The molecular weight excluding hydrogens is 160 g/mol. The van der Waals surface area contributed by atoms with Crippen molar-refractivity contribution >= 4 is 5.78 Å². The van der Waals surface area contributed by atoms with E-state index in [1.807, 2.05) is 0 Å². The number of hydrogen-bond donors (Lipinski definition) is 0. The molecule has 0 aliphatic heterocycles. The van der Waals surface area contributed by atoms with Crippen LogP contribution >= 0.6 is 0 Å². The summed E-state index contributed by atoms with van der Waals surface area (Å²) in [4.78, 5) is 11.3.